The molecule has 106 valence electrons. The van der Waals surface area contributed by atoms with Crippen LogP contribution in [-0.4, -0.2) is 13.2 Å². The standard InChI is InChI=1S/C15H15F2NO2/c1-19-10-6-12(16)15(13(17)7-10)11-4-5-20-14(11)8-18-9-2-3-9/h4-7,9,18H,2-3,8H2,1H3. The molecule has 0 atom stereocenters. The molecule has 0 bridgehead atoms. The third-order valence-corrected chi connectivity index (χ3v) is 3.39. The van der Waals surface area contributed by atoms with Crippen LogP contribution in [0.15, 0.2) is 28.9 Å². The second-order valence-corrected chi connectivity index (χ2v) is 4.88. The molecule has 0 saturated heterocycles. The summed E-state index contributed by atoms with van der Waals surface area (Å²) in [7, 11) is 1.37. The SMILES string of the molecule is COc1cc(F)c(-c2ccoc2CNC2CC2)c(F)c1. The Morgan fingerprint density at radius 1 is 1.30 bits per heavy atom. The first-order valence-corrected chi connectivity index (χ1v) is 6.52. The van der Waals surface area contributed by atoms with Gasteiger partial charge in [-0.05, 0) is 18.9 Å². The number of benzene rings is 1. The van der Waals surface area contributed by atoms with E-state index in [0.29, 0.717) is 23.9 Å². The van der Waals surface area contributed by atoms with Crippen molar-refractivity contribution in [3.63, 3.8) is 0 Å². The van der Waals surface area contributed by atoms with E-state index in [-0.39, 0.29) is 11.3 Å². The normalized spacial score (nSPS) is 14.6. The van der Waals surface area contributed by atoms with Crippen molar-refractivity contribution in [3.05, 3.63) is 41.9 Å². The quantitative estimate of drug-likeness (QED) is 0.909. The minimum atomic E-state index is -0.657. The Morgan fingerprint density at radius 3 is 2.60 bits per heavy atom. The molecule has 1 aromatic carbocycles. The summed E-state index contributed by atoms with van der Waals surface area (Å²) >= 11 is 0. The highest BCUT2D eigenvalue weighted by Gasteiger charge is 2.23. The first-order chi connectivity index (χ1) is 9.69. The van der Waals surface area contributed by atoms with Gasteiger partial charge in [0.2, 0.25) is 0 Å². The second-order valence-electron chi connectivity index (χ2n) is 4.88. The number of furan rings is 1. The van der Waals surface area contributed by atoms with Crippen molar-refractivity contribution in [2.24, 2.45) is 0 Å². The van der Waals surface area contributed by atoms with Crippen LogP contribution in [0, 0.1) is 11.6 Å². The van der Waals surface area contributed by atoms with Gasteiger partial charge in [-0.2, -0.15) is 0 Å². The lowest BCUT2D eigenvalue weighted by atomic mass is 10.0. The Bertz CT molecular complexity index is 597. The number of methoxy groups -OCH3 is 1. The monoisotopic (exact) mass is 279 g/mol. The summed E-state index contributed by atoms with van der Waals surface area (Å²) in [6.45, 7) is 0.470. The fraction of sp³-hybridized carbons (Fsp3) is 0.333. The van der Waals surface area contributed by atoms with E-state index >= 15 is 0 Å². The van der Waals surface area contributed by atoms with Crippen LogP contribution in [0.2, 0.25) is 0 Å². The molecule has 0 aliphatic heterocycles. The molecule has 1 N–H and O–H groups in total. The van der Waals surface area contributed by atoms with Crippen LogP contribution in [0.1, 0.15) is 18.6 Å². The van der Waals surface area contributed by atoms with E-state index in [1.807, 2.05) is 0 Å². The molecule has 1 saturated carbocycles. The third-order valence-electron chi connectivity index (χ3n) is 3.39. The molecule has 2 aromatic rings. The van der Waals surface area contributed by atoms with Crippen LogP contribution in [0.4, 0.5) is 8.78 Å². The van der Waals surface area contributed by atoms with Gasteiger partial charge in [-0.3, -0.25) is 0 Å². The van der Waals surface area contributed by atoms with E-state index in [1.165, 1.54) is 25.5 Å². The minimum Gasteiger partial charge on any atom is -0.497 e. The molecule has 1 aliphatic carbocycles. The molecule has 5 heteroatoms. The zero-order chi connectivity index (χ0) is 14.1. The Kier molecular flexibility index (Phi) is 3.44. The molecule has 3 rings (SSSR count). The molecule has 1 fully saturated rings. The number of ether oxygens (including phenoxy) is 1. The molecule has 0 radical (unpaired) electrons. The van der Waals surface area contributed by atoms with Crippen molar-refractivity contribution in [2.45, 2.75) is 25.4 Å². The fourth-order valence-corrected chi connectivity index (χ4v) is 2.15. The highest BCUT2D eigenvalue weighted by Crippen LogP contribution is 2.33. The first-order valence-electron chi connectivity index (χ1n) is 6.52. The maximum Gasteiger partial charge on any atom is 0.137 e. The maximum atomic E-state index is 14.1. The Morgan fingerprint density at radius 2 is 2.00 bits per heavy atom. The zero-order valence-electron chi connectivity index (χ0n) is 11.1. The number of hydrogen-bond acceptors (Lipinski definition) is 3. The molecule has 1 aromatic heterocycles. The largest absolute Gasteiger partial charge is 0.497 e. The first kappa shape index (κ1) is 13.1. The highest BCUT2D eigenvalue weighted by molar-refractivity contribution is 5.67. The Labute approximate surface area is 115 Å². The third kappa shape index (κ3) is 2.54. The predicted molar refractivity (Wildman–Crippen MR) is 70.5 cm³/mol. The van der Waals surface area contributed by atoms with Gasteiger partial charge < -0.3 is 14.5 Å². The van der Waals surface area contributed by atoms with Gasteiger partial charge in [0.05, 0.1) is 25.5 Å². The van der Waals surface area contributed by atoms with Crippen molar-refractivity contribution in [3.8, 4) is 16.9 Å². The topological polar surface area (TPSA) is 34.4 Å². The van der Waals surface area contributed by atoms with E-state index in [2.05, 4.69) is 5.32 Å². The van der Waals surface area contributed by atoms with Crippen molar-refractivity contribution in [2.75, 3.05) is 7.11 Å². The maximum absolute atomic E-state index is 14.1. The summed E-state index contributed by atoms with van der Waals surface area (Å²) in [5, 5.41) is 3.27. The van der Waals surface area contributed by atoms with Crippen LogP contribution >= 0.6 is 0 Å². The lowest BCUT2D eigenvalue weighted by molar-refractivity contribution is 0.407. The second kappa shape index (κ2) is 5.25. The van der Waals surface area contributed by atoms with Gasteiger partial charge in [0, 0.05) is 23.7 Å². The molecular weight excluding hydrogens is 264 g/mol. The summed E-state index contributed by atoms with van der Waals surface area (Å²) in [5.74, 6) is -0.614. The summed E-state index contributed by atoms with van der Waals surface area (Å²) < 4.78 is 38.3. The summed E-state index contributed by atoms with van der Waals surface area (Å²) in [6, 6.07) is 4.42. The van der Waals surface area contributed by atoms with Crippen molar-refractivity contribution in [1.82, 2.24) is 5.32 Å². The number of halogens is 2. The molecule has 0 unspecified atom stereocenters. The van der Waals surface area contributed by atoms with Gasteiger partial charge in [0.15, 0.2) is 0 Å². The molecule has 0 amide bonds. The predicted octanol–water partition coefficient (Wildman–Crippen LogP) is 3.49. The molecule has 20 heavy (non-hydrogen) atoms. The fourth-order valence-electron chi connectivity index (χ4n) is 2.15. The molecular formula is C15H15F2NO2. The van der Waals surface area contributed by atoms with Gasteiger partial charge in [0.25, 0.3) is 0 Å². The van der Waals surface area contributed by atoms with Crippen molar-refractivity contribution >= 4 is 0 Å². The van der Waals surface area contributed by atoms with Gasteiger partial charge in [0.1, 0.15) is 23.1 Å². The average Bonchev–Trinajstić information content (AvgIpc) is 3.15. The van der Waals surface area contributed by atoms with Crippen LogP contribution in [0.3, 0.4) is 0 Å². The van der Waals surface area contributed by atoms with E-state index in [4.69, 9.17) is 9.15 Å². The Hall–Kier alpha value is -1.88. The summed E-state index contributed by atoms with van der Waals surface area (Å²) in [4.78, 5) is 0. The Balaban J connectivity index is 1.93. The van der Waals surface area contributed by atoms with Crippen LogP contribution in [0.25, 0.3) is 11.1 Å². The van der Waals surface area contributed by atoms with Crippen molar-refractivity contribution in [1.29, 1.82) is 0 Å². The molecule has 1 heterocycles. The zero-order valence-corrected chi connectivity index (χ0v) is 11.1. The van der Waals surface area contributed by atoms with Crippen LogP contribution < -0.4 is 10.1 Å². The number of hydrogen-bond donors (Lipinski definition) is 1. The highest BCUT2D eigenvalue weighted by atomic mass is 19.1. The lowest BCUT2D eigenvalue weighted by Gasteiger charge is -2.08. The van der Waals surface area contributed by atoms with Crippen molar-refractivity contribution < 1.29 is 17.9 Å². The molecule has 3 nitrogen and oxygen atoms in total. The van der Waals surface area contributed by atoms with E-state index in [9.17, 15) is 8.78 Å². The van der Waals surface area contributed by atoms with E-state index in [0.717, 1.165) is 12.8 Å². The van der Waals surface area contributed by atoms with Gasteiger partial charge >= 0.3 is 0 Å². The van der Waals surface area contributed by atoms with Gasteiger partial charge in [-0.25, -0.2) is 8.78 Å². The minimum absolute atomic E-state index is 0.0767. The summed E-state index contributed by atoms with van der Waals surface area (Å²) in [6.07, 6.45) is 3.73. The number of nitrogens with one attached hydrogen (secondary N) is 1. The molecule has 0 spiro atoms. The number of rotatable bonds is 5. The average molecular weight is 279 g/mol. The smallest absolute Gasteiger partial charge is 0.137 e. The lowest BCUT2D eigenvalue weighted by Crippen LogP contribution is -2.15. The van der Waals surface area contributed by atoms with Crippen LogP contribution in [0.5, 0.6) is 5.75 Å². The van der Waals surface area contributed by atoms with E-state index < -0.39 is 11.6 Å². The van der Waals surface area contributed by atoms with Gasteiger partial charge in [-0.1, -0.05) is 0 Å². The van der Waals surface area contributed by atoms with Gasteiger partial charge in [-0.15, -0.1) is 0 Å². The van der Waals surface area contributed by atoms with Crippen LogP contribution in [-0.2, 0) is 6.54 Å². The summed E-state index contributed by atoms with van der Waals surface area (Å²) in [5.41, 5.74) is 0.364. The van der Waals surface area contributed by atoms with E-state index in [1.54, 1.807) is 6.07 Å². The molecule has 1 aliphatic rings.